The number of hydrogen-bond donors (Lipinski definition) is 2. The molecule has 6 nitrogen and oxygen atoms in total. The van der Waals surface area contributed by atoms with E-state index in [-0.39, 0.29) is 11.7 Å². The summed E-state index contributed by atoms with van der Waals surface area (Å²) in [5.41, 5.74) is 1.41. The van der Waals surface area contributed by atoms with Crippen LogP contribution in [0, 0.1) is 0 Å². The number of para-hydroxylation sites is 1. The second-order valence-electron chi connectivity index (χ2n) is 5.71. The number of allylic oxidation sites excluding steroid dienone is 2. The quantitative estimate of drug-likeness (QED) is 0.700. The van der Waals surface area contributed by atoms with Crippen molar-refractivity contribution in [3.05, 3.63) is 59.8 Å². The second kappa shape index (κ2) is 8.53. The van der Waals surface area contributed by atoms with Gasteiger partial charge in [0, 0.05) is 24.6 Å². The summed E-state index contributed by atoms with van der Waals surface area (Å²) in [7, 11) is 1.62. The maximum atomic E-state index is 12.5. The average molecular weight is 411 g/mol. The highest BCUT2D eigenvalue weighted by molar-refractivity contribution is 7.97. The maximum Gasteiger partial charge on any atom is 0.573 e. The number of methoxy groups -OCH3 is 1. The number of rotatable bonds is 6. The minimum atomic E-state index is -4.89. The van der Waals surface area contributed by atoms with Crippen LogP contribution in [0.2, 0.25) is 0 Å². The van der Waals surface area contributed by atoms with Crippen molar-refractivity contribution in [2.45, 2.75) is 23.9 Å². The highest BCUT2D eigenvalue weighted by Crippen LogP contribution is 2.28. The number of nitrogens with one attached hydrogen (secondary N) is 2. The average Bonchev–Trinajstić information content (AvgIpc) is 3.14. The van der Waals surface area contributed by atoms with Crippen molar-refractivity contribution in [2.75, 3.05) is 7.11 Å². The molecule has 0 fully saturated rings. The number of halogens is 3. The molecule has 1 aromatic carbocycles. The number of ether oxygens (including phenoxy) is 2. The summed E-state index contributed by atoms with van der Waals surface area (Å²) in [6.45, 7) is 0. The number of hydrogen-bond acceptors (Lipinski definition) is 5. The number of nitrogens with zero attached hydrogens (tertiary/aromatic N) is 1. The Labute approximate surface area is 162 Å². The Bertz CT molecular complexity index is 909. The normalized spacial score (nSPS) is 16.6. The molecule has 0 spiro atoms. The van der Waals surface area contributed by atoms with E-state index in [9.17, 15) is 18.0 Å². The highest BCUT2D eigenvalue weighted by Gasteiger charge is 2.32. The third-order valence-electron chi connectivity index (χ3n) is 3.86. The smallest absolute Gasteiger partial charge is 0.405 e. The van der Waals surface area contributed by atoms with Gasteiger partial charge in [-0.25, -0.2) is 0 Å². The lowest BCUT2D eigenvalue weighted by Crippen LogP contribution is -2.22. The van der Waals surface area contributed by atoms with E-state index in [4.69, 9.17) is 4.74 Å². The second-order valence-corrected chi connectivity index (χ2v) is 6.53. The van der Waals surface area contributed by atoms with Gasteiger partial charge in [-0.1, -0.05) is 30.4 Å². The fourth-order valence-electron chi connectivity index (χ4n) is 2.62. The summed E-state index contributed by atoms with van der Waals surface area (Å²) in [5, 5.41) is 7.41. The summed E-state index contributed by atoms with van der Waals surface area (Å²) < 4.78 is 49.2. The van der Waals surface area contributed by atoms with Gasteiger partial charge in [0.15, 0.2) is 0 Å². The number of alkyl halides is 3. The van der Waals surface area contributed by atoms with Crippen LogP contribution in [0.25, 0.3) is 5.57 Å². The van der Waals surface area contributed by atoms with Crippen molar-refractivity contribution in [3.8, 4) is 5.75 Å². The van der Waals surface area contributed by atoms with Crippen LogP contribution in [0.5, 0.6) is 5.75 Å². The summed E-state index contributed by atoms with van der Waals surface area (Å²) >= 11 is 0.879. The van der Waals surface area contributed by atoms with Gasteiger partial charge < -0.3 is 9.47 Å². The van der Waals surface area contributed by atoms with Crippen LogP contribution in [0.15, 0.2) is 53.6 Å². The summed E-state index contributed by atoms with van der Waals surface area (Å²) in [5.74, 6) is -1.30. The van der Waals surface area contributed by atoms with E-state index in [1.54, 1.807) is 13.2 Å². The minimum absolute atomic E-state index is 0.107. The van der Waals surface area contributed by atoms with E-state index in [1.165, 1.54) is 18.2 Å². The lowest BCUT2D eigenvalue weighted by molar-refractivity contribution is -0.274. The molecule has 3 rings (SSSR count). The first-order chi connectivity index (χ1) is 13.4. The molecule has 28 heavy (non-hydrogen) atoms. The van der Waals surface area contributed by atoms with Crippen molar-refractivity contribution < 1.29 is 27.4 Å². The van der Waals surface area contributed by atoms with E-state index < -0.39 is 18.0 Å². The molecule has 1 aliphatic rings. The number of H-pyrrole nitrogens is 1. The van der Waals surface area contributed by atoms with Gasteiger partial charge in [0.1, 0.15) is 10.8 Å². The zero-order valence-corrected chi connectivity index (χ0v) is 15.4. The van der Waals surface area contributed by atoms with Gasteiger partial charge in [-0.05, 0) is 24.6 Å². The van der Waals surface area contributed by atoms with Crippen LogP contribution in [-0.2, 0) is 4.74 Å². The van der Waals surface area contributed by atoms with Crippen LogP contribution in [0.3, 0.4) is 0 Å². The first-order valence-electron chi connectivity index (χ1n) is 8.14. The number of carbonyl (C=O) groups is 1. The van der Waals surface area contributed by atoms with E-state index >= 15 is 0 Å². The van der Waals surface area contributed by atoms with Crippen molar-refractivity contribution >= 4 is 23.4 Å². The van der Waals surface area contributed by atoms with Gasteiger partial charge >= 0.3 is 6.36 Å². The first-order valence-corrected chi connectivity index (χ1v) is 8.96. The largest absolute Gasteiger partial charge is 0.573 e. The molecule has 0 saturated carbocycles. The number of carbonyl (C=O) groups excluding carboxylic acids is 1. The standard InChI is InChI=1S/C18H16F3N3O3S/c1-26-14-8-4-2-6-11(14)13-10-16(23-22-13)28-24-17(25)12-7-3-5-9-15(12)27-18(19,20)21/h2-7,9-10,14H,8H2,1H3,(H,22,23)(H,24,25). The number of aromatic amines is 1. The molecular formula is C18H16F3N3O3S. The third kappa shape index (κ3) is 4.96. The predicted molar refractivity (Wildman–Crippen MR) is 97.6 cm³/mol. The van der Waals surface area contributed by atoms with Gasteiger partial charge in [-0.2, -0.15) is 5.10 Å². The number of benzene rings is 1. The molecule has 1 amide bonds. The molecule has 1 atom stereocenters. The Kier molecular flexibility index (Phi) is 6.10. The predicted octanol–water partition coefficient (Wildman–Crippen LogP) is 4.10. The lowest BCUT2D eigenvalue weighted by atomic mass is 9.99. The molecule has 2 aromatic rings. The fraction of sp³-hybridized carbons (Fsp3) is 0.222. The molecular weight excluding hydrogens is 395 g/mol. The summed E-state index contributed by atoms with van der Waals surface area (Å²) in [6.07, 6.45) is 1.55. The Morgan fingerprint density at radius 3 is 2.89 bits per heavy atom. The zero-order valence-electron chi connectivity index (χ0n) is 14.6. The van der Waals surface area contributed by atoms with Crippen LogP contribution in [0.4, 0.5) is 13.2 Å². The fourth-order valence-corrected chi connectivity index (χ4v) is 3.19. The molecule has 0 saturated heterocycles. The van der Waals surface area contributed by atoms with Crippen molar-refractivity contribution in [2.24, 2.45) is 0 Å². The first kappa shape index (κ1) is 20.0. The van der Waals surface area contributed by atoms with Gasteiger partial charge in [-0.3, -0.25) is 14.6 Å². The molecule has 0 radical (unpaired) electrons. The molecule has 10 heteroatoms. The number of aromatic nitrogens is 2. The van der Waals surface area contributed by atoms with E-state index in [0.29, 0.717) is 5.03 Å². The highest BCUT2D eigenvalue weighted by atomic mass is 32.2. The molecule has 0 aliphatic heterocycles. The lowest BCUT2D eigenvalue weighted by Gasteiger charge is -2.18. The molecule has 2 N–H and O–H groups in total. The van der Waals surface area contributed by atoms with E-state index in [1.807, 2.05) is 18.2 Å². The van der Waals surface area contributed by atoms with Gasteiger partial charge in [0.05, 0.1) is 17.4 Å². The van der Waals surface area contributed by atoms with Crippen LogP contribution >= 0.6 is 11.9 Å². The van der Waals surface area contributed by atoms with Gasteiger partial charge in [-0.15, -0.1) is 13.2 Å². The topological polar surface area (TPSA) is 76.2 Å². The Hall–Kier alpha value is -2.72. The monoisotopic (exact) mass is 411 g/mol. The SMILES string of the molecule is COC1CC=CC=C1c1cc(SNC(=O)c2ccccc2OC(F)(F)F)n[nH]1. The van der Waals surface area contributed by atoms with Gasteiger partial charge in [0.2, 0.25) is 0 Å². The van der Waals surface area contributed by atoms with Crippen LogP contribution in [0.1, 0.15) is 22.5 Å². The van der Waals surface area contributed by atoms with E-state index in [0.717, 1.165) is 35.7 Å². The molecule has 1 unspecified atom stereocenters. The molecule has 1 aromatic heterocycles. The molecule has 148 valence electrons. The van der Waals surface area contributed by atoms with Crippen molar-refractivity contribution in [3.63, 3.8) is 0 Å². The Balaban J connectivity index is 1.67. The Morgan fingerprint density at radius 1 is 1.36 bits per heavy atom. The maximum absolute atomic E-state index is 12.5. The molecule has 1 aliphatic carbocycles. The van der Waals surface area contributed by atoms with Crippen LogP contribution < -0.4 is 9.46 Å². The third-order valence-corrected chi connectivity index (χ3v) is 4.57. The number of amides is 1. The van der Waals surface area contributed by atoms with Crippen molar-refractivity contribution in [1.29, 1.82) is 0 Å². The summed E-state index contributed by atoms with van der Waals surface area (Å²) in [6, 6.07) is 6.84. The van der Waals surface area contributed by atoms with Gasteiger partial charge in [0.25, 0.3) is 5.91 Å². The zero-order chi connectivity index (χ0) is 20.1. The molecule has 1 heterocycles. The summed E-state index contributed by atoms with van der Waals surface area (Å²) in [4.78, 5) is 12.3. The van der Waals surface area contributed by atoms with E-state index in [2.05, 4.69) is 19.7 Å². The molecule has 0 bridgehead atoms. The Morgan fingerprint density at radius 2 is 2.14 bits per heavy atom. The van der Waals surface area contributed by atoms with Crippen molar-refractivity contribution in [1.82, 2.24) is 14.9 Å². The van der Waals surface area contributed by atoms with Crippen LogP contribution in [-0.4, -0.2) is 35.7 Å². The minimum Gasteiger partial charge on any atom is -0.405 e.